The number of esters is 1. The van der Waals surface area contributed by atoms with Gasteiger partial charge in [0.15, 0.2) is 0 Å². The molecule has 1 aromatic heterocycles. The van der Waals surface area contributed by atoms with Crippen LogP contribution in [0.5, 0.6) is 5.75 Å². The Bertz CT molecular complexity index is 788. The first-order chi connectivity index (χ1) is 12.3. The van der Waals surface area contributed by atoms with E-state index < -0.39 is 0 Å². The summed E-state index contributed by atoms with van der Waals surface area (Å²) < 4.78 is 6.96. The molecule has 0 aliphatic heterocycles. The Kier molecular flexibility index (Phi) is 5.74. The fraction of sp³-hybridized carbons (Fsp3) is 0.545. The molecule has 0 aliphatic rings. The van der Waals surface area contributed by atoms with Gasteiger partial charge < -0.3 is 9.84 Å². The summed E-state index contributed by atoms with van der Waals surface area (Å²) in [6.07, 6.45) is 1.64. The molecule has 27 heavy (non-hydrogen) atoms. The first-order valence-corrected chi connectivity index (χ1v) is 9.38. The van der Waals surface area contributed by atoms with Crippen LogP contribution in [-0.4, -0.2) is 27.0 Å². The molecule has 0 spiro atoms. The van der Waals surface area contributed by atoms with E-state index in [1.807, 2.05) is 31.3 Å². The highest BCUT2D eigenvalue weighted by Crippen LogP contribution is 2.41. The molecule has 5 nitrogen and oxygen atoms in total. The number of ether oxygens (including phenoxy) is 1. The Balaban J connectivity index is 2.46. The van der Waals surface area contributed by atoms with Crippen molar-refractivity contribution in [3.8, 4) is 17.0 Å². The smallest absolute Gasteiger partial charge is 0.302 e. The van der Waals surface area contributed by atoms with Gasteiger partial charge in [-0.15, -0.1) is 0 Å². The number of aromatic hydroxyl groups is 1. The lowest BCUT2D eigenvalue weighted by Gasteiger charge is -2.28. The van der Waals surface area contributed by atoms with Gasteiger partial charge in [-0.05, 0) is 36.0 Å². The summed E-state index contributed by atoms with van der Waals surface area (Å²) in [5.41, 5.74) is 3.25. The van der Waals surface area contributed by atoms with E-state index in [1.54, 1.807) is 4.68 Å². The third-order valence-electron chi connectivity index (χ3n) is 4.47. The minimum atomic E-state index is -0.293. The van der Waals surface area contributed by atoms with Crippen LogP contribution in [0, 0.1) is 0 Å². The van der Waals surface area contributed by atoms with Crippen molar-refractivity contribution in [3.05, 3.63) is 35.5 Å². The summed E-state index contributed by atoms with van der Waals surface area (Å²) in [4.78, 5) is 11.1. The van der Waals surface area contributed by atoms with Crippen LogP contribution in [0.15, 0.2) is 24.4 Å². The maximum absolute atomic E-state index is 11.1. The van der Waals surface area contributed by atoms with Crippen molar-refractivity contribution in [2.24, 2.45) is 0 Å². The normalized spacial score (nSPS) is 13.5. The standard InChI is InChI=1S/C22H32N2O3/c1-14(27-15(2)25)13-24-10-9-19(23-24)16-11-17(21(3,4)5)20(26)18(12-16)22(6,7)8/h9-12,14,26H,13H2,1-8H3. The number of phenols is 1. The summed E-state index contributed by atoms with van der Waals surface area (Å²) >= 11 is 0. The molecular weight excluding hydrogens is 340 g/mol. The SMILES string of the molecule is CC(=O)OC(C)Cn1ccc(-c2cc(C(C)(C)C)c(O)c(C(C)(C)C)c2)n1. The molecule has 5 heteroatoms. The van der Waals surface area contributed by atoms with Crippen molar-refractivity contribution in [2.75, 3.05) is 0 Å². The quantitative estimate of drug-likeness (QED) is 0.783. The maximum atomic E-state index is 11.1. The van der Waals surface area contributed by atoms with Gasteiger partial charge in [-0.3, -0.25) is 9.48 Å². The van der Waals surface area contributed by atoms with E-state index in [0.717, 1.165) is 22.4 Å². The highest BCUT2D eigenvalue weighted by Gasteiger charge is 2.27. The van der Waals surface area contributed by atoms with E-state index in [4.69, 9.17) is 4.74 Å². The third kappa shape index (κ3) is 5.12. The van der Waals surface area contributed by atoms with E-state index >= 15 is 0 Å². The Morgan fingerprint density at radius 2 is 1.67 bits per heavy atom. The molecule has 0 saturated heterocycles. The van der Waals surface area contributed by atoms with E-state index in [2.05, 4.69) is 46.6 Å². The molecule has 1 unspecified atom stereocenters. The summed E-state index contributed by atoms with van der Waals surface area (Å²) in [7, 11) is 0. The number of hydrogen-bond acceptors (Lipinski definition) is 4. The number of rotatable bonds is 4. The summed E-state index contributed by atoms with van der Waals surface area (Å²) in [6.45, 7) is 16.3. The predicted molar refractivity (Wildman–Crippen MR) is 108 cm³/mol. The van der Waals surface area contributed by atoms with Gasteiger partial charge in [0, 0.05) is 29.8 Å². The Labute approximate surface area is 162 Å². The Morgan fingerprint density at radius 1 is 1.15 bits per heavy atom. The van der Waals surface area contributed by atoms with Crippen molar-refractivity contribution >= 4 is 5.97 Å². The van der Waals surface area contributed by atoms with Gasteiger partial charge >= 0.3 is 5.97 Å². The molecule has 0 radical (unpaired) electrons. The number of benzene rings is 1. The molecule has 1 atom stereocenters. The molecule has 0 amide bonds. The zero-order chi connectivity index (χ0) is 20.6. The molecule has 1 aromatic carbocycles. The monoisotopic (exact) mass is 372 g/mol. The molecule has 1 heterocycles. The van der Waals surface area contributed by atoms with Crippen LogP contribution in [0.25, 0.3) is 11.3 Å². The van der Waals surface area contributed by atoms with Crippen LogP contribution in [-0.2, 0) is 26.9 Å². The second kappa shape index (κ2) is 7.37. The van der Waals surface area contributed by atoms with E-state index in [9.17, 15) is 9.90 Å². The lowest BCUT2D eigenvalue weighted by molar-refractivity contribution is -0.146. The first-order valence-electron chi connectivity index (χ1n) is 9.38. The number of nitrogens with zero attached hydrogens (tertiary/aromatic N) is 2. The van der Waals surface area contributed by atoms with E-state index in [1.165, 1.54) is 6.92 Å². The lowest BCUT2D eigenvalue weighted by Crippen LogP contribution is -2.19. The van der Waals surface area contributed by atoms with Crippen molar-refractivity contribution in [1.82, 2.24) is 9.78 Å². The van der Waals surface area contributed by atoms with Crippen LogP contribution < -0.4 is 0 Å². The van der Waals surface area contributed by atoms with Crippen LogP contribution in [0.1, 0.15) is 66.5 Å². The van der Waals surface area contributed by atoms with E-state index in [0.29, 0.717) is 12.3 Å². The van der Waals surface area contributed by atoms with Crippen LogP contribution in [0.2, 0.25) is 0 Å². The molecule has 0 fully saturated rings. The zero-order valence-electron chi connectivity index (χ0n) is 17.8. The molecule has 1 N–H and O–H groups in total. The van der Waals surface area contributed by atoms with Gasteiger partial charge in [-0.1, -0.05) is 41.5 Å². The molecule has 0 aliphatic carbocycles. The fourth-order valence-electron chi connectivity index (χ4n) is 3.13. The highest BCUT2D eigenvalue weighted by atomic mass is 16.5. The first kappa shape index (κ1) is 21.0. The number of carbonyl (C=O) groups is 1. The predicted octanol–water partition coefficient (Wildman–Crippen LogP) is 4.80. The van der Waals surface area contributed by atoms with Crippen molar-refractivity contribution in [2.45, 2.75) is 78.9 Å². The fourth-order valence-corrected chi connectivity index (χ4v) is 3.13. The number of hydrogen-bond donors (Lipinski definition) is 1. The molecule has 148 valence electrons. The van der Waals surface area contributed by atoms with Crippen LogP contribution in [0.4, 0.5) is 0 Å². The maximum Gasteiger partial charge on any atom is 0.302 e. The van der Waals surface area contributed by atoms with Gasteiger partial charge in [0.2, 0.25) is 0 Å². The number of phenolic OH excluding ortho intramolecular Hbond substituents is 1. The average molecular weight is 373 g/mol. The van der Waals surface area contributed by atoms with Gasteiger partial charge in [0.1, 0.15) is 11.9 Å². The third-order valence-corrected chi connectivity index (χ3v) is 4.47. The summed E-state index contributed by atoms with van der Waals surface area (Å²) in [5, 5.41) is 15.5. The van der Waals surface area contributed by atoms with E-state index in [-0.39, 0.29) is 22.9 Å². The minimum absolute atomic E-state index is 0.188. The van der Waals surface area contributed by atoms with Crippen molar-refractivity contribution in [3.63, 3.8) is 0 Å². The molecule has 2 rings (SSSR count). The molecule has 0 bridgehead atoms. The van der Waals surface area contributed by atoms with Gasteiger partial charge in [-0.2, -0.15) is 5.10 Å². The molecular formula is C22H32N2O3. The Morgan fingerprint density at radius 3 is 2.11 bits per heavy atom. The second-order valence-corrected chi connectivity index (χ2v) is 9.26. The average Bonchev–Trinajstić information content (AvgIpc) is 2.92. The lowest BCUT2D eigenvalue weighted by atomic mass is 9.78. The van der Waals surface area contributed by atoms with Crippen LogP contribution in [0.3, 0.4) is 0 Å². The molecule has 0 saturated carbocycles. The summed E-state index contributed by atoms with van der Waals surface area (Å²) in [6, 6.07) is 5.99. The topological polar surface area (TPSA) is 64.3 Å². The minimum Gasteiger partial charge on any atom is -0.507 e. The number of aromatic nitrogens is 2. The van der Waals surface area contributed by atoms with Gasteiger partial charge in [0.25, 0.3) is 0 Å². The zero-order valence-corrected chi connectivity index (χ0v) is 17.8. The van der Waals surface area contributed by atoms with Crippen LogP contribution >= 0.6 is 0 Å². The summed E-state index contributed by atoms with van der Waals surface area (Å²) in [5.74, 6) is 0.0692. The van der Waals surface area contributed by atoms with Crippen molar-refractivity contribution < 1.29 is 14.6 Å². The Hall–Kier alpha value is -2.30. The highest BCUT2D eigenvalue weighted by molar-refractivity contribution is 5.66. The molecule has 2 aromatic rings. The van der Waals surface area contributed by atoms with Gasteiger partial charge in [-0.25, -0.2) is 0 Å². The largest absolute Gasteiger partial charge is 0.507 e. The van der Waals surface area contributed by atoms with Crippen molar-refractivity contribution in [1.29, 1.82) is 0 Å². The van der Waals surface area contributed by atoms with Gasteiger partial charge in [0.05, 0.1) is 12.2 Å². The second-order valence-electron chi connectivity index (χ2n) is 9.26. The number of carbonyl (C=O) groups excluding carboxylic acids is 1.